The first-order valence-electron chi connectivity index (χ1n) is 9.00. The predicted octanol–water partition coefficient (Wildman–Crippen LogP) is 2.75. The highest BCUT2D eigenvalue weighted by Gasteiger charge is 2.13. The van der Waals surface area contributed by atoms with Gasteiger partial charge in [-0.05, 0) is 48.9 Å². The van der Waals surface area contributed by atoms with E-state index in [1.807, 2.05) is 18.2 Å². The van der Waals surface area contributed by atoms with Crippen molar-refractivity contribution in [3.63, 3.8) is 0 Å². The van der Waals surface area contributed by atoms with E-state index in [0.29, 0.717) is 18.8 Å². The molecule has 0 amide bonds. The van der Waals surface area contributed by atoms with Crippen molar-refractivity contribution in [1.29, 1.82) is 0 Å². The fourth-order valence-electron chi connectivity index (χ4n) is 2.72. The molecule has 0 saturated heterocycles. The maximum Gasteiger partial charge on any atom is 0.261 e. The molecule has 28 heavy (non-hydrogen) atoms. The number of benzene rings is 2. The minimum atomic E-state index is -3.58. The molecule has 1 atom stereocenters. The van der Waals surface area contributed by atoms with Gasteiger partial charge in [-0.25, -0.2) is 8.42 Å². The Morgan fingerprint density at radius 1 is 0.964 bits per heavy atom. The highest BCUT2D eigenvalue weighted by molar-refractivity contribution is 7.92. The van der Waals surface area contributed by atoms with Gasteiger partial charge in [-0.1, -0.05) is 36.4 Å². The SMILES string of the molecule is O=S(=O)(Nc1ccc(CCNC[C@H](O)c2cccnc2)cc1)c1ccccc1. The summed E-state index contributed by atoms with van der Waals surface area (Å²) >= 11 is 0. The first-order chi connectivity index (χ1) is 13.5. The minimum absolute atomic E-state index is 0.232. The van der Waals surface area contributed by atoms with Gasteiger partial charge in [-0.15, -0.1) is 0 Å². The number of aromatic nitrogens is 1. The lowest BCUT2D eigenvalue weighted by Gasteiger charge is -2.12. The summed E-state index contributed by atoms with van der Waals surface area (Å²) in [7, 11) is -3.58. The maximum atomic E-state index is 12.3. The lowest BCUT2D eigenvalue weighted by molar-refractivity contribution is 0.174. The van der Waals surface area contributed by atoms with Crippen LogP contribution in [0.3, 0.4) is 0 Å². The molecule has 0 aliphatic heterocycles. The van der Waals surface area contributed by atoms with E-state index in [0.717, 1.165) is 17.5 Å². The van der Waals surface area contributed by atoms with Crippen LogP contribution in [0.1, 0.15) is 17.2 Å². The van der Waals surface area contributed by atoms with Crippen molar-refractivity contribution < 1.29 is 13.5 Å². The van der Waals surface area contributed by atoms with Crippen LogP contribution in [-0.2, 0) is 16.4 Å². The molecule has 2 aromatic carbocycles. The molecule has 7 heteroatoms. The summed E-state index contributed by atoms with van der Waals surface area (Å²) in [6.45, 7) is 1.15. The van der Waals surface area contributed by atoms with E-state index in [9.17, 15) is 13.5 Å². The van der Waals surface area contributed by atoms with Crippen LogP contribution in [0.4, 0.5) is 5.69 Å². The van der Waals surface area contributed by atoms with Crippen molar-refractivity contribution in [2.24, 2.45) is 0 Å². The number of anilines is 1. The number of pyridine rings is 1. The second kappa shape index (κ2) is 9.45. The third kappa shape index (κ3) is 5.63. The normalized spacial score (nSPS) is 12.5. The number of hydrogen-bond donors (Lipinski definition) is 3. The van der Waals surface area contributed by atoms with Crippen LogP contribution in [0, 0.1) is 0 Å². The van der Waals surface area contributed by atoms with Crippen LogP contribution >= 0.6 is 0 Å². The molecule has 0 radical (unpaired) electrons. The second-order valence-corrected chi connectivity index (χ2v) is 8.05. The van der Waals surface area contributed by atoms with Crippen LogP contribution in [0.2, 0.25) is 0 Å². The first kappa shape index (κ1) is 20.0. The van der Waals surface area contributed by atoms with E-state index in [-0.39, 0.29) is 4.90 Å². The number of sulfonamides is 1. The molecule has 6 nitrogen and oxygen atoms in total. The molecule has 0 fully saturated rings. The summed E-state index contributed by atoms with van der Waals surface area (Å²) in [6.07, 6.45) is 3.50. The summed E-state index contributed by atoms with van der Waals surface area (Å²) in [5.41, 5.74) is 2.38. The van der Waals surface area contributed by atoms with Gasteiger partial charge in [0.15, 0.2) is 0 Å². The fraction of sp³-hybridized carbons (Fsp3) is 0.190. The fourth-order valence-corrected chi connectivity index (χ4v) is 3.80. The number of aliphatic hydroxyl groups excluding tert-OH is 1. The molecule has 0 unspecified atom stereocenters. The van der Waals surface area contributed by atoms with Crippen molar-refractivity contribution in [2.75, 3.05) is 17.8 Å². The van der Waals surface area contributed by atoms with Gasteiger partial charge in [-0.2, -0.15) is 0 Å². The number of aliphatic hydroxyl groups is 1. The number of nitrogens with one attached hydrogen (secondary N) is 2. The number of rotatable bonds is 9. The van der Waals surface area contributed by atoms with Gasteiger partial charge < -0.3 is 10.4 Å². The average molecular weight is 398 g/mol. The molecule has 1 aromatic heterocycles. The highest BCUT2D eigenvalue weighted by Crippen LogP contribution is 2.16. The summed E-state index contributed by atoms with van der Waals surface area (Å²) in [5.74, 6) is 0. The van der Waals surface area contributed by atoms with Gasteiger partial charge in [0.2, 0.25) is 0 Å². The van der Waals surface area contributed by atoms with Crippen molar-refractivity contribution in [3.8, 4) is 0 Å². The van der Waals surface area contributed by atoms with Crippen LogP contribution in [0.25, 0.3) is 0 Å². The van der Waals surface area contributed by atoms with Gasteiger partial charge in [0.05, 0.1) is 11.0 Å². The van der Waals surface area contributed by atoms with Crippen LogP contribution < -0.4 is 10.0 Å². The minimum Gasteiger partial charge on any atom is -0.387 e. The molecular weight excluding hydrogens is 374 g/mol. The van der Waals surface area contributed by atoms with E-state index < -0.39 is 16.1 Å². The van der Waals surface area contributed by atoms with Crippen molar-refractivity contribution >= 4 is 15.7 Å². The molecule has 0 aliphatic carbocycles. The van der Waals surface area contributed by atoms with Crippen molar-refractivity contribution in [3.05, 3.63) is 90.3 Å². The molecule has 0 spiro atoms. The monoisotopic (exact) mass is 397 g/mol. The Kier molecular flexibility index (Phi) is 6.76. The zero-order valence-corrected chi connectivity index (χ0v) is 16.1. The molecule has 0 aliphatic rings. The summed E-state index contributed by atoms with van der Waals surface area (Å²) in [6, 6.07) is 19.2. The van der Waals surface area contributed by atoms with Crippen LogP contribution in [0.5, 0.6) is 0 Å². The van der Waals surface area contributed by atoms with Crippen LogP contribution in [-0.4, -0.2) is 31.6 Å². The topological polar surface area (TPSA) is 91.3 Å². The van der Waals surface area contributed by atoms with Gasteiger partial charge in [0.25, 0.3) is 10.0 Å². The van der Waals surface area contributed by atoms with Gasteiger partial charge in [-0.3, -0.25) is 9.71 Å². The summed E-state index contributed by atoms with van der Waals surface area (Å²) < 4.78 is 27.2. The standard InChI is InChI=1S/C21H23N3O3S/c25-21(18-5-4-13-22-15-18)16-23-14-12-17-8-10-19(11-9-17)24-28(26,27)20-6-2-1-3-7-20/h1-11,13,15,21,23-25H,12,14,16H2/t21-/m0/s1. The van der Waals surface area contributed by atoms with E-state index >= 15 is 0 Å². The molecule has 3 rings (SSSR count). The Balaban J connectivity index is 1.47. The quantitative estimate of drug-likeness (QED) is 0.483. The Hall–Kier alpha value is -2.74. The number of nitrogens with zero attached hydrogens (tertiary/aromatic N) is 1. The summed E-state index contributed by atoms with van der Waals surface area (Å²) in [5, 5.41) is 13.3. The Labute approximate surface area is 165 Å². The van der Waals surface area contributed by atoms with Crippen molar-refractivity contribution in [2.45, 2.75) is 17.4 Å². The van der Waals surface area contributed by atoms with E-state index in [1.165, 1.54) is 0 Å². The molecule has 0 bridgehead atoms. The van der Waals surface area contributed by atoms with Gasteiger partial charge in [0.1, 0.15) is 0 Å². The smallest absolute Gasteiger partial charge is 0.261 e. The second-order valence-electron chi connectivity index (χ2n) is 6.37. The molecule has 3 N–H and O–H groups in total. The Morgan fingerprint density at radius 2 is 1.71 bits per heavy atom. The van der Waals surface area contributed by atoms with Gasteiger partial charge in [0, 0.05) is 30.2 Å². The first-order valence-corrected chi connectivity index (χ1v) is 10.5. The third-order valence-electron chi connectivity index (χ3n) is 4.26. The highest BCUT2D eigenvalue weighted by atomic mass is 32.2. The van der Waals surface area contributed by atoms with E-state index in [4.69, 9.17) is 0 Å². The molecule has 146 valence electrons. The zero-order valence-electron chi connectivity index (χ0n) is 15.3. The maximum absolute atomic E-state index is 12.3. The molecule has 0 saturated carbocycles. The van der Waals surface area contributed by atoms with Crippen LogP contribution in [0.15, 0.2) is 84.0 Å². The molecule has 1 heterocycles. The van der Waals surface area contributed by atoms with Crippen molar-refractivity contribution in [1.82, 2.24) is 10.3 Å². The van der Waals surface area contributed by atoms with Gasteiger partial charge >= 0.3 is 0 Å². The zero-order chi connectivity index (χ0) is 19.8. The average Bonchev–Trinajstić information content (AvgIpc) is 2.73. The Morgan fingerprint density at radius 3 is 2.39 bits per heavy atom. The summed E-state index contributed by atoms with van der Waals surface area (Å²) in [4.78, 5) is 4.23. The predicted molar refractivity (Wildman–Crippen MR) is 109 cm³/mol. The number of hydrogen-bond acceptors (Lipinski definition) is 5. The largest absolute Gasteiger partial charge is 0.387 e. The van der Waals surface area contributed by atoms with E-state index in [2.05, 4.69) is 15.0 Å². The lowest BCUT2D eigenvalue weighted by Crippen LogP contribution is -2.23. The Bertz CT molecular complexity index is 963. The third-order valence-corrected chi connectivity index (χ3v) is 5.65. The molecule has 3 aromatic rings. The molecular formula is C21H23N3O3S. The van der Waals surface area contributed by atoms with E-state index in [1.54, 1.807) is 60.9 Å². The lowest BCUT2D eigenvalue weighted by atomic mass is 10.1.